The molecule has 0 saturated heterocycles. The van der Waals surface area contributed by atoms with E-state index in [9.17, 15) is 18.0 Å². The number of nitrogens with one attached hydrogen (secondary N) is 1. The number of aryl methyl sites for hydroxylation is 1. The SMILES string of the molecule is Cc1noc(-c2ccc(C(=O)Nc3ccc(F)c(F)c3F)cc2)n1. The van der Waals surface area contributed by atoms with Crippen molar-refractivity contribution in [3.63, 3.8) is 0 Å². The van der Waals surface area contributed by atoms with Crippen LogP contribution in [0.1, 0.15) is 16.2 Å². The number of halogens is 3. The van der Waals surface area contributed by atoms with Crippen molar-refractivity contribution in [1.82, 2.24) is 10.1 Å². The standard InChI is InChI=1S/C16H10F3N3O2/c1-8-20-16(24-22-8)10-4-2-9(3-5-10)15(23)21-12-7-6-11(17)13(18)14(12)19/h2-7H,1H3,(H,21,23). The highest BCUT2D eigenvalue weighted by Crippen LogP contribution is 2.21. The first-order chi connectivity index (χ1) is 11.5. The van der Waals surface area contributed by atoms with Crippen LogP contribution in [-0.2, 0) is 0 Å². The molecule has 1 N–H and O–H groups in total. The minimum atomic E-state index is -1.64. The Morgan fingerprint density at radius 3 is 2.38 bits per heavy atom. The van der Waals surface area contributed by atoms with Crippen LogP contribution in [0.2, 0.25) is 0 Å². The number of carbonyl (C=O) groups is 1. The van der Waals surface area contributed by atoms with Gasteiger partial charge in [-0.25, -0.2) is 13.2 Å². The Bertz CT molecular complexity index is 907. The van der Waals surface area contributed by atoms with E-state index in [-0.39, 0.29) is 5.56 Å². The van der Waals surface area contributed by atoms with Gasteiger partial charge in [0.05, 0.1) is 5.69 Å². The van der Waals surface area contributed by atoms with Crippen LogP contribution in [0, 0.1) is 24.4 Å². The van der Waals surface area contributed by atoms with E-state index in [2.05, 4.69) is 15.5 Å². The Morgan fingerprint density at radius 1 is 1.04 bits per heavy atom. The average Bonchev–Trinajstić information content (AvgIpc) is 3.02. The molecule has 5 nitrogen and oxygen atoms in total. The quantitative estimate of drug-likeness (QED) is 0.742. The van der Waals surface area contributed by atoms with Crippen LogP contribution in [-0.4, -0.2) is 16.0 Å². The normalized spacial score (nSPS) is 10.7. The van der Waals surface area contributed by atoms with Gasteiger partial charge in [0.1, 0.15) is 0 Å². The highest BCUT2D eigenvalue weighted by Gasteiger charge is 2.16. The highest BCUT2D eigenvalue weighted by atomic mass is 19.2. The van der Waals surface area contributed by atoms with Crippen LogP contribution in [0.25, 0.3) is 11.5 Å². The Hall–Kier alpha value is -3.16. The monoisotopic (exact) mass is 333 g/mol. The second kappa shape index (κ2) is 6.15. The summed E-state index contributed by atoms with van der Waals surface area (Å²) in [5.41, 5.74) is 0.348. The molecule has 1 aromatic heterocycles. The Balaban J connectivity index is 1.80. The summed E-state index contributed by atoms with van der Waals surface area (Å²) in [4.78, 5) is 16.1. The molecule has 2 aromatic carbocycles. The van der Waals surface area contributed by atoms with E-state index in [1.807, 2.05) is 0 Å². The van der Waals surface area contributed by atoms with E-state index in [1.165, 1.54) is 12.1 Å². The van der Waals surface area contributed by atoms with Crippen LogP contribution in [0.15, 0.2) is 40.9 Å². The van der Waals surface area contributed by atoms with Gasteiger partial charge < -0.3 is 9.84 Å². The summed E-state index contributed by atoms with van der Waals surface area (Å²) in [6, 6.07) is 7.74. The predicted molar refractivity (Wildman–Crippen MR) is 78.7 cm³/mol. The lowest BCUT2D eigenvalue weighted by atomic mass is 10.1. The van der Waals surface area contributed by atoms with Gasteiger partial charge in [0.25, 0.3) is 11.8 Å². The molecule has 1 heterocycles. The smallest absolute Gasteiger partial charge is 0.257 e. The molecular weight excluding hydrogens is 323 g/mol. The van der Waals surface area contributed by atoms with Crippen LogP contribution < -0.4 is 5.32 Å². The number of benzene rings is 2. The fourth-order valence-corrected chi connectivity index (χ4v) is 2.00. The van der Waals surface area contributed by atoms with E-state index in [0.717, 1.165) is 12.1 Å². The van der Waals surface area contributed by atoms with Gasteiger partial charge in [-0.2, -0.15) is 4.98 Å². The number of carbonyl (C=O) groups excluding carboxylic acids is 1. The summed E-state index contributed by atoms with van der Waals surface area (Å²) in [6.07, 6.45) is 0. The molecule has 0 bridgehead atoms. The Labute approximate surface area is 134 Å². The largest absolute Gasteiger partial charge is 0.334 e. The fraction of sp³-hybridized carbons (Fsp3) is 0.0625. The zero-order chi connectivity index (χ0) is 17.3. The van der Waals surface area contributed by atoms with E-state index in [1.54, 1.807) is 19.1 Å². The van der Waals surface area contributed by atoms with E-state index >= 15 is 0 Å². The van der Waals surface area contributed by atoms with Crippen LogP contribution >= 0.6 is 0 Å². The van der Waals surface area contributed by atoms with Crippen LogP contribution in [0.3, 0.4) is 0 Å². The molecule has 3 aromatic rings. The number of aromatic nitrogens is 2. The second-order valence-electron chi connectivity index (χ2n) is 4.90. The molecule has 0 atom stereocenters. The van der Waals surface area contributed by atoms with E-state index < -0.39 is 29.0 Å². The van der Waals surface area contributed by atoms with Gasteiger partial charge in [0.15, 0.2) is 23.3 Å². The van der Waals surface area contributed by atoms with Gasteiger partial charge in [0.2, 0.25) is 0 Å². The van der Waals surface area contributed by atoms with Crippen molar-refractivity contribution in [3.8, 4) is 11.5 Å². The minimum absolute atomic E-state index is 0.194. The molecule has 0 spiro atoms. The number of hydrogen-bond acceptors (Lipinski definition) is 4. The molecule has 0 unspecified atom stereocenters. The number of amides is 1. The summed E-state index contributed by atoms with van der Waals surface area (Å²) in [5, 5.41) is 5.84. The predicted octanol–water partition coefficient (Wildman–Crippen LogP) is 3.71. The van der Waals surface area contributed by atoms with E-state index in [0.29, 0.717) is 17.3 Å². The maximum Gasteiger partial charge on any atom is 0.257 e. The summed E-state index contributed by atoms with van der Waals surface area (Å²) < 4.78 is 44.6. The topological polar surface area (TPSA) is 68.0 Å². The molecule has 0 saturated carbocycles. The molecule has 3 rings (SSSR count). The van der Waals surface area contributed by atoms with E-state index in [4.69, 9.17) is 4.52 Å². The van der Waals surface area contributed by atoms with Gasteiger partial charge in [-0.3, -0.25) is 4.79 Å². The Kier molecular flexibility index (Phi) is 4.03. The Morgan fingerprint density at radius 2 is 1.75 bits per heavy atom. The molecule has 0 aliphatic heterocycles. The van der Waals surface area contributed by atoms with Crippen molar-refractivity contribution in [2.24, 2.45) is 0 Å². The van der Waals surface area contributed by atoms with Gasteiger partial charge in [-0.05, 0) is 43.3 Å². The van der Waals surface area contributed by atoms with Gasteiger partial charge in [-0.15, -0.1) is 0 Å². The number of nitrogens with zero attached hydrogens (tertiary/aromatic N) is 2. The van der Waals surface area contributed by atoms with Crippen molar-refractivity contribution >= 4 is 11.6 Å². The summed E-state index contributed by atoms with van der Waals surface area (Å²) in [5.74, 6) is -4.33. The maximum absolute atomic E-state index is 13.6. The lowest BCUT2D eigenvalue weighted by Crippen LogP contribution is -2.13. The molecule has 122 valence electrons. The number of hydrogen-bond donors (Lipinski definition) is 1. The van der Waals surface area contributed by atoms with Crippen LogP contribution in [0.4, 0.5) is 18.9 Å². The average molecular weight is 333 g/mol. The van der Waals surface area contributed by atoms with Crippen molar-refractivity contribution in [1.29, 1.82) is 0 Å². The van der Waals surface area contributed by atoms with Crippen molar-refractivity contribution < 1.29 is 22.5 Å². The molecule has 0 fully saturated rings. The minimum Gasteiger partial charge on any atom is -0.334 e. The zero-order valence-corrected chi connectivity index (χ0v) is 12.3. The first kappa shape index (κ1) is 15.7. The molecule has 1 amide bonds. The third-order valence-corrected chi connectivity index (χ3v) is 3.20. The third kappa shape index (κ3) is 2.98. The molecule has 24 heavy (non-hydrogen) atoms. The third-order valence-electron chi connectivity index (χ3n) is 3.20. The molecule has 0 radical (unpaired) electrons. The first-order valence-corrected chi connectivity index (χ1v) is 6.81. The van der Waals surface area contributed by atoms with Gasteiger partial charge >= 0.3 is 0 Å². The lowest BCUT2D eigenvalue weighted by molar-refractivity contribution is 0.102. The zero-order valence-electron chi connectivity index (χ0n) is 12.3. The number of anilines is 1. The van der Waals surface area contributed by atoms with Crippen molar-refractivity contribution in [2.45, 2.75) is 6.92 Å². The van der Waals surface area contributed by atoms with Crippen molar-refractivity contribution in [2.75, 3.05) is 5.32 Å². The summed E-state index contributed by atoms with van der Waals surface area (Å²) >= 11 is 0. The number of rotatable bonds is 3. The van der Waals surface area contributed by atoms with Crippen molar-refractivity contribution in [3.05, 3.63) is 65.2 Å². The molecular formula is C16H10F3N3O2. The molecule has 0 aliphatic carbocycles. The molecule has 0 aliphatic rings. The summed E-state index contributed by atoms with van der Waals surface area (Å²) in [7, 11) is 0. The second-order valence-corrected chi connectivity index (χ2v) is 4.90. The lowest BCUT2D eigenvalue weighted by Gasteiger charge is -2.07. The van der Waals surface area contributed by atoms with Crippen LogP contribution in [0.5, 0.6) is 0 Å². The van der Waals surface area contributed by atoms with Gasteiger partial charge in [0, 0.05) is 11.1 Å². The first-order valence-electron chi connectivity index (χ1n) is 6.81. The summed E-state index contributed by atoms with van der Waals surface area (Å²) in [6.45, 7) is 1.67. The molecule has 8 heteroatoms. The maximum atomic E-state index is 13.6. The highest BCUT2D eigenvalue weighted by molar-refractivity contribution is 6.04. The fourth-order valence-electron chi connectivity index (χ4n) is 2.00. The van der Waals surface area contributed by atoms with Gasteiger partial charge in [-0.1, -0.05) is 5.16 Å².